The molecule has 3 N–H and O–H groups in total. The van der Waals surface area contributed by atoms with E-state index < -0.39 is 0 Å². The number of nitrogens with one attached hydrogen (secondary N) is 1. The molecule has 2 heteroatoms. The standard InChI is InChI=1S/C18H24N2/c1-13-2-3-16-12-17(5-4-15(16)10-13)18(19)11-14-6-8-20-9-7-14/h2-5,10,12,14,18,20H,6-9,11,19H2,1H3. The molecule has 20 heavy (non-hydrogen) atoms. The molecule has 1 heterocycles. The van der Waals surface area contributed by atoms with Crippen LogP contribution in [0.1, 0.15) is 36.4 Å². The van der Waals surface area contributed by atoms with Crippen LogP contribution in [0.5, 0.6) is 0 Å². The lowest BCUT2D eigenvalue weighted by atomic mass is 9.88. The number of hydrogen-bond donors (Lipinski definition) is 2. The van der Waals surface area contributed by atoms with Gasteiger partial charge in [-0.3, -0.25) is 0 Å². The fraction of sp³-hybridized carbons (Fsp3) is 0.444. The van der Waals surface area contributed by atoms with Crippen LogP contribution in [0.2, 0.25) is 0 Å². The molecule has 0 radical (unpaired) electrons. The van der Waals surface area contributed by atoms with Crippen molar-refractivity contribution in [2.45, 2.75) is 32.2 Å². The zero-order chi connectivity index (χ0) is 13.9. The predicted molar refractivity (Wildman–Crippen MR) is 85.8 cm³/mol. The molecule has 0 bridgehead atoms. The molecule has 0 spiro atoms. The molecule has 1 aliphatic heterocycles. The minimum Gasteiger partial charge on any atom is -0.324 e. The average molecular weight is 268 g/mol. The van der Waals surface area contributed by atoms with Gasteiger partial charge in [0, 0.05) is 6.04 Å². The Morgan fingerprint density at radius 3 is 2.60 bits per heavy atom. The van der Waals surface area contributed by atoms with Gasteiger partial charge in [0.15, 0.2) is 0 Å². The van der Waals surface area contributed by atoms with Crippen molar-refractivity contribution in [1.82, 2.24) is 5.32 Å². The average Bonchev–Trinajstić information content (AvgIpc) is 2.47. The van der Waals surface area contributed by atoms with Gasteiger partial charge in [0.05, 0.1) is 0 Å². The summed E-state index contributed by atoms with van der Waals surface area (Å²) in [6.07, 6.45) is 3.64. The summed E-state index contributed by atoms with van der Waals surface area (Å²) in [5, 5.41) is 6.02. The van der Waals surface area contributed by atoms with Crippen molar-refractivity contribution in [3.63, 3.8) is 0 Å². The van der Waals surface area contributed by atoms with E-state index in [4.69, 9.17) is 5.73 Å². The lowest BCUT2D eigenvalue weighted by Gasteiger charge is -2.25. The Morgan fingerprint density at radius 1 is 1.10 bits per heavy atom. The van der Waals surface area contributed by atoms with Crippen LogP contribution in [0.3, 0.4) is 0 Å². The van der Waals surface area contributed by atoms with E-state index in [-0.39, 0.29) is 6.04 Å². The second-order valence-corrected chi connectivity index (χ2v) is 6.15. The first-order chi connectivity index (χ1) is 9.72. The summed E-state index contributed by atoms with van der Waals surface area (Å²) in [4.78, 5) is 0. The number of piperidine rings is 1. The number of nitrogens with two attached hydrogens (primary N) is 1. The van der Waals surface area contributed by atoms with Gasteiger partial charge in [0.25, 0.3) is 0 Å². The quantitative estimate of drug-likeness (QED) is 0.893. The van der Waals surface area contributed by atoms with Gasteiger partial charge < -0.3 is 11.1 Å². The molecule has 0 aromatic heterocycles. The summed E-state index contributed by atoms with van der Waals surface area (Å²) in [5.74, 6) is 0.778. The summed E-state index contributed by atoms with van der Waals surface area (Å²) in [5.41, 5.74) is 9.01. The third-order valence-corrected chi connectivity index (χ3v) is 4.49. The minimum absolute atomic E-state index is 0.170. The van der Waals surface area contributed by atoms with Crippen LogP contribution in [0, 0.1) is 12.8 Å². The predicted octanol–water partition coefficient (Wildman–Crippen LogP) is 3.54. The highest BCUT2D eigenvalue weighted by Crippen LogP contribution is 2.27. The molecular weight excluding hydrogens is 244 g/mol. The number of fused-ring (bicyclic) bond motifs is 1. The highest BCUT2D eigenvalue weighted by molar-refractivity contribution is 5.83. The van der Waals surface area contributed by atoms with E-state index in [0.717, 1.165) is 25.4 Å². The van der Waals surface area contributed by atoms with E-state index >= 15 is 0 Å². The maximum absolute atomic E-state index is 6.43. The van der Waals surface area contributed by atoms with Crippen molar-refractivity contribution >= 4 is 10.8 Å². The highest BCUT2D eigenvalue weighted by atomic mass is 14.9. The van der Waals surface area contributed by atoms with E-state index in [1.165, 1.54) is 34.7 Å². The number of benzene rings is 2. The fourth-order valence-corrected chi connectivity index (χ4v) is 3.23. The van der Waals surface area contributed by atoms with Crippen LogP contribution in [-0.4, -0.2) is 13.1 Å². The van der Waals surface area contributed by atoms with Crippen molar-refractivity contribution in [2.24, 2.45) is 11.7 Å². The Labute approximate surface area is 121 Å². The van der Waals surface area contributed by atoms with Crippen LogP contribution in [-0.2, 0) is 0 Å². The SMILES string of the molecule is Cc1ccc2cc(C(N)CC3CCNCC3)ccc2c1. The summed E-state index contributed by atoms with van der Waals surface area (Å²) in [7, 11) is 0. The number of hydrogen-bond acceptors (Lipinski definition) is 2. The van der Waals surface area contributed by atoms with Gasteiger partial charge >= 0.3 is 0 Å². The number of rotatable bonds is 3. The van der Waals surface area contributed by atoms with Crippen molar-refractivity contribution in [1.29, 1.82) is 0 Å². The van der Waals surface area contributed by atoms with Crippen LogP contribution in [0.25, 0.3) is 10.8 Å². The molecule has 0 aliphatic carbocycles. The molecule has 0 saturated carbocycles. The second-order valence-electron chi connectivity index (χ2n) is 6.15. The Hall–Kier alpha value is -1.38. The monoisotopic (exact) mass is 268 g/mol. The molecule has 0 amide bonds. The van der Waals surface area contributed by atoms with E-state index in [0.29, 0.717) is 0 Å². The van der Waals surface area contributed by atoms with Gasteiger partial charge in [-0.2, -0.15) is 0 Å². The third kappa shape index (κ3) is 3.02. The first kappa shape index (κ1) is 13.6. The van der Waals surface area contributed by atoms with Gasteiger partial charge in [-0.1, -0.05) is 35.9 Å². The molecule has 2 aromatic rings. The molecule has 106 valence electrons. The fourth-order valence-electron chi connectivity index (χ4n) is 3.23. The Morgan fingerprint density at radius 2 is 1.80 bits per heavy atom. The lowest BCUT2D eigenvalue weighted by molar-refractivity contribution is 0.333. The molecule has 1 aliphatic rings. The van der Waals surface area contributed by atoms with E-state index in [2.05, 4.69) is 48.6 Å². The van der Waals surface area contributed by atoms with Crippen LogP contribution in [0.15, 0.2) is 36.4 Å². The van der Waals surface area contributed by atoms with Gasteiger partial charge in [0.2, 0.25) is 0 Å². The van der Waals surface area contributed by atoms with Crippen molar-refractivity contribution in [3.05, 3.63) is 47.5 Å². The highest BCUT2D eigenvalue weighted by Gasteiger charge is 2.17. The Balaban J connectivity index is 1.76. The summed E-state index contributed by atoms with van der Waals surface area (Å²) >= 11 is 0. The van der Waals surface area contributed by atoms with E-state index in [1.54, 1.807) is 0 Å². The van der Waals surface area contributed by atoms with Gasteiger partial charge in [-0.05, 0) is 67.6 Å². The second kappa shape index (κ2) is 5.94. The van der Waals surface area contributed by atoms with Crippen molar-refractivity contribution < 1.29 is 0 Å². The molecule has 2 nitrogen and oxygen atoms in total. The summed E-state index contributed by atoms with van der Waals surface area (Å²) < 4.78 is 0. The first-order valence-electron chi connectivity index (χ1n) is 7.69. The largest absolute Gasteiger partial charge is 0.324 e. The van der Waals surface area contributed by atoms with Gasteiger partial charge in [0.1, 0.15) is 0 Å². The normalized spacial score (nSPS) is 18.3. The van der Waals surface area contributed by atoms with Crippen LogP contribution in [0.4, 0.5) is 0 Å². The topological polar surface area (TPSA) is 38.0 Å². The number of aryl methyl sites for hydroxylation is 1. The molecule has 1 atom stereocenters. The van der Waals surface area contributed by atoms with Crippen LogP contribution < -0.4 is 11.1 Å². The van der Waals surface area contributed by atoms with Gasteiger partial charge in [-0.15, -0.1) is 0 Å². The third-order valence-electron chi connectivity index (χ3n) is 4.49. The molecule has 2 aromatic carbocycles. The van der Waals surface area contributed by atoms with Crippen molar-refractivity contribution in [2.75, 3.05) is 13.1 Å². The zero-order valence-corrected chi connectivity index (χ0v) is 12.2. The minimum atomic E-state index is 0.170. The maximum Gasteiger partial charge on any atom is 0.0297 e. The Bertz CT molecular complexity index is 585. The smallest absolute Gasteiger partial charge is 0.0297 e. The molecular formula is C18H24N2. The van der Waals surface area contributed by atoms with E-state index in [9.17, 15) is 0 Å². The van der Waals surface area contributed by atoms with Gasteiger partial charge in [-0.25, -0.2) is 0 Å². The Kier molecular flexibility index (Phi) is 4.04. The molecule has 1 fully saturated rings. The molecule has 3 rings (SSSR count). The summed E-state index contributed by atoms with van der Waals surface area (Å²) in [6, 6.07) is 13.4. The van der Waals surface area contributed by atoms with E-state index in [1.807, 2.05) is 0 Å². The first-order valence-corrected chi connectivity index (χ1v) is 7.69. The zero-order valence-electron chi connectivity index (χ0n) is 12.2. The van der Waals surface area contributed by atoms with Crippen molar-refractivity contribution in [3.8, 4) is 0 Å². The summed E-state index contributed by atoms with van der Waals surface area (Å²) in [6.45, 7) is 4.43. The molecule has 1 unspecified atom stereocenters. The van der Waals surface area contributed by atoms with Crippen LogP contribution >= 0.6 is 0 Å². The molecule has 1 saturated heterocycles. The lowest BCUT2D eigenvalue weighted by Crippen LogP contribution is -2.29. The maximum atomic E-state index is 6.43.